The summed E-state index contributed by atoms with van der Waals surface area (Å²) in [6.07, 6.45) is 3.17. The van der Waals surface area contributed by atoms with Gasteiger partial charge in [-0.3, -0.25) is 4.68 Å². The summed E-state index contributed by atoms with van der Waals surface area (Å²) in [4.78, 5) is 0. The van der Waals surface area contributed by atoms with Gasteiger partial charge >= 0.3 is 0 Å². The van der Waals surface area contributed by atoms with E-state index in [2.05, 4.69) is 5.10 Å². The van der Waals surface area contributed by atoms with Crippen LogP contribution in [0.3, 0.4) is 0 Å². The van der Waals surface area contributed by atoms with E-state index in [9.17, 15) is 8.42 Å². The van der Waals surface area contributed by atoms with Crippen LogP contribution < -0.4 is 0 Å². The second-order valence-corrected chi connectivity index (χ2v) is 6.04. The highest BCUT2D eigenvalue weighted by atomic mass is 32.2. The molecule has 0 unspecified atom stereocenters. The van der Waals surface area contributed by atoms with E-state index >= 15 is 0 Å². The van der Waals surface area contributed by atoms with E-state index < -0.39 is 10.0 Å². The van der Waals surface area contributed by atoms with Crippen molar-refractivity contribution in [1.82, 2.24) is 14.1 Å². The van der Waals surface area contributed by atoms with E-state index in [1.165, 1.54) is 11.4 Å². The number of sulfonamides is 1. The summed E-state index contributed by atoms with van der Waals surface area (Å²) in [7, 11) is -0.183. The minimum absolute atomic E-state index is 0.000886. The Hall–Kier alpha value is -0.920. The number of likely N-dealkylation sites (N-methyl/N-ethyl adjacent to an activating group) is 1. The molecular formula is C10H19N3O3S. The van der Waals surface area contributed by atoms with Crippen LogP contribution in [0, 0.1) is 0 Å². The van der Waals surface area contributed by atoms with Gasteiger partial charge in [0.25, 0.3) is 0 Å². The van der Waals surface area contributed by atoms with E-state index in [4.69, 9.17) is 4.74 Å². The normalized spacial score (nSPS) is 14.1. The average Bonchev–Trinajstić information content (AvgIpc) is 2.77. The van der Waals surface area contributed by atoms with Crippen molar-refractivity contribution in [3.8, 4) is 0 Å². The smallest absolute Gasteiger partial charge is 0.216 e. The molecule has 0 amide bonds. The summed E-state index contributed by atoms with van der Waals surface area (Å²) in [5.74, 6) is -0.000886. The minimum Gasteiger partial charge on any atom is -0.381 e. The summed E-state index contributed by atoms with van der Waals surface area (Å²) in [6.45, 7) is 2.68. The van der Waals surface area contributed by atoms with Gasteiger partial charge in [0.05, 0.1) is 18.4 Å². The third kappa shape index (κ3) is 4.45. The maximum atomic E-state index is 11.9. The first kappa shape index (κ1) is 14.1. The van der Waals surface area contributed by atoms with Crippen LogP contribution in [0.1, 0.15) is 6.92 Å². The van der Waals surface area contributed by atoms with Crippen molar-refractivity contribution in [2.45, 2.75) is 19.6 Å². The molecule has 0 aliphatic carbocycles. The van der Waals surface area contributed by atoms with Crippen molar-refractivity contribution in [1.29, 1.82) is 0 Å². The Kier molecular flexibility index (Phi) is 5.10. The Morgan fingerprint density at radius 2 is 2.24 bits per heavy atom. The Bertz CT molecular complexity index is 416. The lowest BCUT2D eigenvalue weighted by Crippen LogP contribution is -2.35. The monoisotopic (exact) mass is 261 g/mol. The molecule has 0 aromatic carbocycles. The molecule has 0 N–H and O–H groups in total. The Balaban J connectivity index is 2.48. The van der Waals surface area contributed by atoms with Crippen LogP contribution in [0.5, 0.6) is 0 Å². The first-order valence-corrected chi connectivity index (χ1v) is 7.01. The molecule has 0 bridgehead atoms. The lowest BCUT2D eigenvalue weighted by atomic mass is 10.5. The zero-order valence-electron chi connectivity index (χ0n) is 10.4. The molecule has 1 aromatic heterocycles. The fourth-order valence-electron chi connectivity index (χ4n) is 1.31. The molecule has 6 nitrogen and oxygen atoms in total. The van der Waals surface area contributed by atoms with Crippen molar-refractivity contribution >= 4 is 10.0 Å². The maximum absolute atomic E-state index is 11.9. The van der Waals surface area contributed by atoms with Crippen molar-refractivity contribution in [3.63, 3.8) is 0 Å². The lowest BCUT2D eigenvalue weighted by Gasteiger charge is -2.19. The predicted octanol–water partition coefficient (Wildman–Crippen LogP) is 0.180. The largest absolute Gasteiger partial charge is 0.381 e. The Labute approximate surface area is 102 Å². The SMILES string of the molecule is CO[C@@H](C)CS(=O)(=O)N(C)CCn1cccn1. The topological polar surface area (TPSA) is 64.4 Å². The molecule has 98 valence electrons. The van der Waals surface area contributed by atoms with Crippen molar-refractivity contribution in [2.24, 2.45) is 0 Å². The molecule has 17 heavy (non-hydrogen) atoms. The number of hydrogen-bond donors (Lipinski definition) is 0. The van der Waals surface area contributed by atoms with E-state index in [0.717, 1.165) is 0 Å². The summed E-state index contributed by atoms with van der Waals surface area (Å²) in [6, 6.07) is 1.81. The van der Waals surface area contributed by atoms with Gasteiger partial charge in [0.1, 0.15) is 0 Å². The van der Waals surface area contributed by atoms with Crippen LogP contribution in [0.2, 0.25) is 0 Å². The summed E-state index contributed by atoms with van der Waals surface area (Å²) < 4.78 is 31.8. The summed E-state index contributed by atoms with van der Waals surface area (Å²) >= 11 is 0. The number of aromatic nitrogens is 2. The third-order valence-electron chi connectivity index (χ3n) is 2.53. The molecule has 1 heterocycles. The van der Waals surface area contributed by atoms with Gasteiger partial charge in [-0.15, -0.1) is 0 Å². The van der Waals surface area contributed by atoms with Crippen molar-refractivity contribution in [3.05, 3.63) is 18.5 Å². The first-order valence-electron chi connectivity index (χ1n) is 5.40. The molecule has 0 radical (unpaired) electrons. The van der Waals surface area contributed by atoms with E-state index in [1.54, 1.807) is 31.0 Å². The van der Waals surface area contributed by atoms with Crippen LogP contribution in [0.15, 0.2) is 18.5 Å². The van der Waals surface area contributed by atoms with Gasteiger partial charge in [-0.05, 0) is 13.0 Å². The number of ether oxygens (including phenoxy) is 1. The standard InChI is InChI=1S/C10H19N3O3S/c1-10(16-3)9-17(14,15)12(2)7-8-13-6-4-5-11-13/h4-6,10H,7-9H2,1-3H3/t10-/m0/s1. The molecule has 0 saturated heterocycles. The average molecular weight is 261 g/mol. The van der Waals surface area contributed by atoms with Crippen LogP contribution in [-0.2, 0) is 21.3 Å². The van der Waals surface area contributed by atoms with E-state index in [1.807, 2.05) is 6.07 Å². The van der Waals surface area contributed by atoms with Gasteiger partial charge in [-0.1, -0.05) is 0 Å². The van der Waals surface area contributed by atoms with E-state index in [0.29, 0.717) is 13.1 Å². The van der Waals surface area contributed by atoms with E-state index in [-0.39, 0.29) is 11.9 Å². The Morgan fingerprint density at radius 3 is 2.76 bits per heavy atom. The lowest BCUT2D eigenvalue weighted by molar-refractivity contribution is 0.135. The quantitative estimate of drug-likeness (QED) is 0.702. The zero-order valence-corrected chi connectivity index (χ0v) is 11.2. The molecule has 0 aliphatic rings. The van der Waals surface area contributed by atoms with Crippen LogP contribution in [0.4, 0.5) is 0 Å². The van der Waals surface area contributed by atoms with Gasteiger partial charge < -0.3 is 4.74 Å². The fourth-order valence-corrected chi connectivity index (χ4v) is 2.65. The van der Waals surface area contributed by atoms with Gasteiger partial charge in [0.2, 0.25) is 10.0 Å². The number of rotatable bonds is 7. The number of methoxy groups -OCH3 is 1. The zero-order chi connectivity index (χ0) is 12.9. The Morgan fingerprint density at radius 1 is 1.53 bits per heavy atom. The van der Waals surface area contributed by atoms with Crippen LogP contribution >= 0.6 is 0 Å². The first-order chi connectivity index (χ1) is 7.95. The van der Waals surface area contributed by atoms with Gasteiger partial charge in [0.15, 0.2) is 0 Å². The highest BCUT2D eigenvalue weighted by Gasteiger charge is 2.20. The number of nitrogens with zero attached hydrogens (tertiary/aromatic N) is 3. The molecular weight excluding hydrogens is 242 g/mol. The molecule has 1 atom stereocenters. The third-order valence-corrected chi connectivity index (χ3v) is 4.55. The van der Waals surface area contributed by atoms with Crippen molar-refractivity contribution < 1.29 is 13.2 Å². The highest BCUT2D eigenvalue weighted by Crippen LogP contribution is 2.03. The van der Waals surface area contributed by atoms with Gasteiger partial charge in [-0.25, -0.2) is 12.7 Å². The van der Waals surface area contributed by atoms with Crippen molar-refractivity contribution in [2.75, 3.05) is 26.5 Å². The maximum Gasteiger partial charge on any atom is 0.216 e. The molecule has 0 saturated carbocycles. The summed E-state index contributed by atoms with van der Waals surface area (Å²) in [5, 5.41) is 4.02. The van der Waals surface area contributed by atoms with Gasteiger partial charge in [-0.2, -0.15) is 5.10 Å². The molecule has 0 fully saturated rings. The highest BCUT2D eigenvalue weighted by molar-refractivity contribution is 7.89. The molecule has 1 rings (SSSR count). The fraction of sp³-hybridized carbons (Fsp3) is 0.700. The van der Waals surface area contributed by atoms with Gasteiger partial charge in [0, 0.05) is 33.1 Å². The second-order valence-electron chi connectivity index (χ2n) is 3.92. The molecule has 0 spiro atoms. The van der Waals surface area contributed by atoms with Crippen LogP contribution in [0.25, 0.3) is 0 Å². The summed E-state index contributed by atoms with van der Waals surface area (Å²) in [5.41, 5.74) is 0. The second kappa shape index (κ2) is 6.13. The predicted molar refractivity (Wildman–Crippen MR) is 65.1 cm³/mol. The molecule has 0 aliphatic heterocycles. The minimum atomic E-state index is -3.26. The number of hydrogen-bond acceptors (Lipinski definition) is 4. The molecule has 7 heteroatoms. The molecule has 1 aromatic rings. The van der Waals surface area contributed by atoms with Crippen LogP contribution in [-0.4, -0.2) is 55.1 Å².